The quantitative estimate of drug-likeness (QED) is 0.512. The minimum atomic E-state index is -1.01. The molecule has 0 aromatic rings. The fraction of sp³-hybridized carbons (Fsp3) is 0.500. The van der Waals surface area contributed by atoms with E-state index in [0.717, 1.165) is 0 Å². The SMILES string of the molecule is N[C@H]1CC(C(=O)O)=C[C@@H]2OC(=O)N[C@@H]21. The van der Waals surface area contributed by atoms with E-state index in [1.54, 1.807) is 0 Å². The summed E-state index contributed by atoms with van der Waals surface area (Å²) >= 11 is 0. The predicted octanol–water partition coefficient (Wildman–Crippen LogP) is -0.795. The summed E-state index contributed by atoms with van der Waals surface area (Å²) in [7, 11) is 0. The molecule has 0 saturated carbocycles. The molecule has 1 aliphatic heterocycles. The Morgan fingerprint density at radius 3 is 3.07 bits per heavy atom. The van der Waals surface area contributed by atoms with Crippen LogP contribution in [0.2, 0.25) is 0 Å². The van der Waals surface area contributed by atoms with E-state index < -0.39 is 24.2 Å². The maximum Gasteiger partial charge on any atom is 0.408 e. The predicted molar refractivity (Wildman–Crippen MR) is 45.5 cm³/mol. The zero-order valence-electron chi connectivity index (χ0n) is 7.27. The van der Waals surface area contributed by atoms with Gasteiger partial charge in [0.05, 0.1) is 6.04 Å². The van der Waals surface area contributed by atoms with E-state index in [0.29, 0.717) is 0 Å². The average Bonchev–Trinajstić information content (AvgIpc) is 2.45. The van der Waals surface area contributed by atoms with Gasteiger partial charge >= 0.3 is 12.1 Å². The topological polar surface area (TPSA) is 102 Å². The number of ether oxygens (including phenoxy) is 1. The second-order valence-electron chi connectivity index (χ2n) is 3.41. The Morgan fingerprint density at radius 1 is 1.71 bits per heavy atom. The van der Waals surface area contributed by atoms with Crippen molar-refractivity contribution in [3.8, 4) is 0 Å². The van der Waals surface area contributed by atoms with Crippen molar-refractivity contribution in [2.45, 2.75) is 24.6 Å². The van der Waals surface area contributed by atoms with E-state index in [1.165, 1.54) is 6.08 Å². The number of hydrogen-bond donors (Lipinski definition) is 3. The monoisotopic (exact) mass is 198 g/mol. The van der Waals surface area contributed by atoms with E-state index in [4.69, 9.17) is 15.6 Å². The number of alkyl carbamates (subject to hydrolysis) is 1. The molecule has 76 valence electrons. The number of carbonyl (C=O) groups is 2. The van der Waals surface area contributed by atoms with E-state index >= 15 is 0 Å². The maximum absolute atomic E-state index is 10.9. The van der Waals surface area contributed by atoms with Crippen molar-refractivity contribution < 1.29 is 19.4 Å². The van der Waals surface area contributed by atoms with E-state index in [-0.39, 0.29) is 18.0 Å². The molecule has 1 aliphatic carbocycles. The number of amides is 1. The molecule has 0 aromatic carbocycles. The van der Waals surface area contributed by atoms with Crippen molar-refractivity contribution in [2.75, 3.05) is 0 Å². The number of fused-ring (bicyclic) bond motifs is 1. The van der Waals surface area contributed by atoms with Gasteiger partial charge in [0.25, 0.3) is 0 Å². The van der Waals surface area contributed by atoms with Crippen LogP contribution < -0.4 is 11.1 Å². The van der Waals surface area contributed by atoms with Gasteiger partial charge in [-0.2, -0.15) is 0 Å². The standard InChI is InChI=1S/C8H10N2O4/c9-4-1-3(7(11)12)2-5-6(4)10-8(13)14-5/h2,4-6H,1,9H2,(H,10,13)(H,11,12)/t4-,5-,6+/m0/s1. The van der Waals surface area contributed by atoms with Crippen LogP contribution in [-0.2, 0) is 9.53 Å². The average molecular weight is 198 g/mol. The molecule has 4 N–H and O–H groups in total. The van der Waals surface area contributed by atoms with Crippen LogP contribution in [0.1, 0.15) is 6.42 Å². The first-order valence-electron chi connectivity index (χ1n) is 4.24. The Hall–Kier alpha value is -1.56. The van der Waals surface area contributed by atoms with E-state index in [1.807, 2.05) is 0 Å². The second-order valence-corrected chi connectivity index (χ2v) is 3.41. The van der Waals surface area contributed by atoms with Crippen LogP contribution in [0.4, 0.5) is 4.79 Å². The zero-order chi connectivity index (χ0) is 10.3. The molecule has 6 heteroatoms. The van der Waals surface area contributed by atoms with Crippen LogP contribution >= 0.6 is 0 Å². The number of hydrogen-bond acceptors (Lipinski definition) is 4. The van der Waals surface area contributed by atoms with E-state index in [9.17, 15) is 9.59 Å². The third-order valence-electron chi connectivity index (χ3n) is 2.44. The minimum Gasteiger partial charge on any atom is -0.478 e. The van der Waals surface area contributed by atoms with Gasteiger partial charge in [0.1, 0.15) is 6.10 Å². The maximum atomic E-state index is 10.9. The number of nitrogens with one attached hydrogen (secondary N) is 1. The molecule has 0 bridgehead atoms. The molecule has 1 amide bonds. The summed E-state index contributed by atoms with van der Waals surface area (Å²) < 4.78 is 4.85. The fourth-order valence-corrected chi connectivity index (χ4v) is 1.74. The van der Waals surface area contributed by atoms with Gasteiger partial charge in [-0.25, -0.2) is 9.59 Å². The lowest BCUT2D eigenvalue weighted by molar-refractivity contribution is -0.133. The Kier molecular flexibility index (Phi) is 1.92. The first kappa shape index (κ1) is 9.01. The van der Waals surface area contributed by atoms with Gasteiger partial charge in [0.2, 0.25) is 0 Å². The molecule has 1 saturated heterocycles. The zero-order valence-corrected chi connectivity index (χ0v) is 7.27. The first-order valence-corrected chi connectivity index (χ1v) is 4.24. The fourth-order valence-electron chi connectivity index (χ4n) is 1.74. The Labute approximate surface area is 79.7 Å². The summed E-state index contributed by atoms with van der Waals surface area (Å²) in [4.78, 5) is 21.6. The number of carboxylic acid groups (broad SMARTS) is 1. The lowest BCUT2D eigenvalue weighted by atomic mass is 9.89. The van der Waals surface area contributed by atoms with Crippen molar-refractivity contribution in [2.24, 2.45) is 5.73 Å². The van der Waals surface area contributed by atoms with Crippen molar-refractivity contribution >= 4 is 12.1 Å². The summed E-state index contributed by atoms with van der Waals surface area (Å²) in [5.74, 6) is -1.01. The third-order valence-corrected chi connectivity index (χ3v) is 2.44. The van der Waals surface area contributed by atoms with Crippen molar-refractivity contribution in [1.29, 1.82) is 0 Å². The highest BCUT2D eigenvalue weighted by Crippen LogP contribution is 2.24. The summed E-state index contributed by atoms with van der Waals surface area (Å²) in [6, 6.07) is -0.701. The van der Waals surface area contributed by atoms with Crippen LogP contribution in [0.3, 0.4) is 0 Å². The highest BCUT2D eigenvalue weighted by Gasteiger charge is 2.41. The molecule has 2 aliphatic rings. The van der Waals surface area contributed by atoms with Crippen molar-refractivity contribution in [1.82, 2.24) is 5.32 Å². The van der Waals surface area contributed by atoms with Crippen LogP contribution in [0.15, 0.2) is 11.6 Å². The molecule has 0 unspecified atom stereocenters. The number of rotatable bonds is 1. The number of carboxylic acids is 1. The van der Waals surface area contributed by atoms with Gasteiger partial charge < -0.3 is 20.9 Å². The van der Waals surface area contributed by atoms with Gasteiger partial charge in [-0.15, -0.1) is 0 Å². The van der Waals surface area contributed by atoms with Crippen LogP contribution in [0.25, 0.3) is 0 Å². The molecule has 0 spiro atoms. The highest BCUT2D eigenvalue weighted by molar-refractivity contribution is 5.87. The number of carbonyl (C=O) groups excluding carboxylic acids is 1. The van der Waals surface area contributed by atoms with Crippen molar-refractivity contribution in [3.05, 3.63) is 11.6 Å². The molecule has 0 radical (unpaired) electrons. The highest BCUT2D eigenvalue weighted by atomic mass is 16.6. The smallest absolute Gasteiger partial charge is 0.408 e. The summed E-state index contributed by atoms with van der Waals surface area (Å²) in [5.41, 5.74) is 5.92. The molecular weight excluding hydrogens is 188 g/mol. The van der Waals surface area contributed by atoms with Gasteiger partial charge in [-0.05, 0) is 12.5 Å². The van der Waals surface area contributed by atoms with Crippen LogP contribution in [0, 0.1) is 0 Å². The number of nitrogens with two attached hydrogens (primary N) is 1. The van der Waals surface area contributed by atoms with Crippen LogP contribution in [0.5, 0.6) is 0 Å². The molecular formula is C8H10N2O4. The summed E-state index contributed by atoms with van der Waals surface area (Å²) in [6.07, 6.45) is 0.602. The third kappa shape index (κ3) is 1.33. The molecule has 1 fully saturated rings. The largest absolute Gasteiger partial charge is 0.478 e. The molecule has 6 nitrogen and oxygen atoms in total. The second kappa shape index (κ2) is 2.98. The summed E-state index contributed by atoms with van der Waals surface area (Å²) in [6.45, 7) is 0. The van der Waals surface area contributed by atoms with Gasteiger partial charge in [-0.3, -0.25) is 0 Å². The van der Waals surface area contributed by atoms with Crippen molar-refractivity contribution in [3.63, 3.8) is 0 Å². The van der Waals surface area contributed by atoms with Gasteiger partial charge in [0, 0.05) is 11.6 Å². The molecule has 14 heavy (non-hydrogen) atoms. The van der Waals surface area contributed by atoms with Gasteiger partial charge in [-0.1, -0.05) is 0 Å². The lowest BCUT2D eigenvalue weighted by Gasteiger charge is -2.26. The lowest BCUT2D eigenvalue weighted by Crippen LogP contribution is -2.49. The van der Waals surface area contributed by atoms with E-state index in [2.05, 4.69) is 5.32 Å². The Morgan fingerprint density at radius 2 is 2.43 bits per heavy atom. The Bertz CT molecular complexity index is 325. The van der Waals surface area contributed by atoms with Crippen LogP contribution in [-0.4, -0.2) is 35.4 Å². The first-order chi connectivity index (χ1) is 6.58. The normalized spacial score (nSPS) is 35.4. The Balaban J connectivity index is 2.25. The molecule has 2 rings (SSSR count). The molecule has 0 aromatic heterocycles. The molecule has 3 atom stereocenters. The minimum absolute atomic E-state index is 0.204. The van der Waals surface area contributed by atoms with Gasteiger partial charge in [0.15, 0.2) is 0 Å². The molecule has 1 heterocycles. The number of aliphatic carboxylic acids is 1. The summed E-state index contributed by atoms with van der Waals surface area (Å²) in [5, 5.41) is 11.3.